The molecule has 0 spiro atoms. The Labute approximate surface area is 137 Å². The van der Waals surface area contributed by atoms with Gasteiger partial charge in [0.2, 0.25) is 0 Å². The Morgan fingerprint density at radius 2 is 1.87 bits per heavy atom. The van der Waals surface area contributed by atoms with E-state index in [1.54, 1.807) is 12.1 Å². The van der Waals surface area contributed by atoms with Gasteiger partial charge in [-0.3, -0.25) is 4.79 Å². The number of nitrogens with one attached hydrogen (secondary N) is 1. The second kappa shape index (κ2) is 9.03. The Morgan fingerprint density at radius 1 is 1.09 bits per heavy atom. The highest BCUT2D eigenvalue weighted by molar-refractivity contribution is 5.91. The van der Waals surface area contributed by atoms with Crippen LogP contribution in [0, 0.1) is 0 Å². The van der Waals surface area contributed by atoms with Gasteiger partial charge in [-0.25, -0.2) is 0 Å². The van der Waals surface area contributed by atoms with Crippen LogP contribution in [0.4, 0.5) is 0 Å². The summed E-state index contributed by atoms with van der Waals surface area (Å²) >= 11 is 0. The number of amides is 1. The van der Waals surface area contributed by atoms with E-state index in [0.29, 0.717) is 24.7 Å². The predicted octanol–water partition coefficient (Wildman–Crippen LogP) is 4.34. The SMILES string of the molecule is CCCCNC(=O)c1ccc(COc2ccc(CCC)cc2)o1. The normalized spacial score (nSPS) is 10.5. The van der Waals surface area contributed by atoms with Gasteiger partial charge in [0.25, 0.3) is 5.91 Å². The fourth-order valence-corrected chi connectivity index (χ4v) is 2.24. The molecule has 0 atom stereocenters. The van der Waals surface area contributed by atoms with Crippen LogP contribution in [0.2, 0.25) is 0 Å². The van der Waals surface area contributed by atoms with Crippen molar-refractivity contribution in [2.75, 3.05) is 6.54 Å². The Hall–Kier alpha value is -2.23. The maximum atomic E-state index is 11.9. The Morgan fingerprint density at radius 3 is 2.57 bits per heavy atom. The first kappa shape index (κ1) is 17.1. The van der Waals surface area contributed by atoms with Crippen molar-refractivity contribution in [3.05, 3.63) is 53.5 Å². The highest BCUT2D eigenvalue weighted by atomic mass is 16.5. The van der Waals surface area contributed by atoms with Gasteiger partial charge in [0.05, 0.1) is 0 Å². The van der Waals surface area contributed by atoms with Crippen molar-refractivity contribution in [2.45, 2.75) is 46.1 Å². The number of benzene rings is 1. The van der Waals surface area contributed by atoms with Crippen molar-refractivity contribution in [2.24, 2.45) is 0 Å². The van der Waals surface area contributed by atoms with Gasteiger partial charge >= 0.3 is 0 Å². The van der Waals surface area contributed by atoms with Crippen molar-refractivity contribution in [3.8, 4) is 5.75 Å². The average molecular weight is 315 g/mol. The molecule has 4 heteroatoms. The standard InChI is InChI=1S/C19H25NO3/c1-3-5-13-20-19(21)18-12-11-17(23-18)14-22-16-9-7-15(6-4-2)8-10-16/h7-12H,3-6,13-14H2,1-2H3,(H,20,21). The van der Waals surface area contributed by atoms with Gasteiger partial charge in [-0.05, 0) is 42.7 Å². The second-order valence-electron chi connectivity index (χ2n) is 5.56. The Kier molecular flexibility index (Phi) is 6.73. The fraction of sp³-hybridized carbons (Fsp3) is 0.421. The molecule has 1 N–H and O–H groups in total. The van der Waals surface area contributed by atoms with E-state index >= 15 is 0 Å². The van der Waals surface area contributed by atoms with Crippen LogP contribution in [0.5, 0.6) is 5.75 Å². The van der Waals surface area contributed by atoms with Gasteiger partial charge in [0.1, 0.15) is 18.1 Å². The van der Waals surface area contributed by atoms with Crippen molar-refractivity contribution >= 4 is 5.91 Å². The summed E-state index contributed by atoms with van der Waals surface area (Å²) in [5, 5.41) is 2.83. The molecule has 0 aliphatic rings. The topological polar surface area (TPSA) is 51.5 Å². The molecular weight excluding hydrogens is 290 g/mol. The average Bonchev–Trinajstić information content (AvgIpc) is 3.04. The third kappa shape index (κ3) is 5.47. The van der Waals surface area contributed by atoms with Gasteiger partial charge in [-0.2, -0.15) is 0 Å². The molecule has 0 radical (unpaired) electrons. The summed E-state index contributed by atoms with van der Waals surface area (Å²) in [6, 6.07) is 11.5. The molecule has 1 aromatic carbocycles. The lowest BCUT2D eigenvalue weighted by Gasteiger charge is -2.05. The van der Waals surface area contributed by atoms with E-state index in [1.807, 2.05) is 12.1 Å². The van der Waals surface area contributed by atoms with Gasteiger partial charge in [0, 0.05) is 6.54 Å². The molecule has 0 unspecified atom stereocenters. The molecule has 2 aromatic rings. The number of carbonyl (C=O) groups excluding carboxylic acids is 1. The quantitative estimate of drug-likeness (QED) is 0.700. The van der Waals surface area contributed by atoms with Crippen LogP contribution in [0.25, 0.3) is 0 Å². The molecule has 0 aliphatic heterocycles. The largest absolute Gasteiger partial charge is 0.486 e. The lowest BCUT2D eigenvalue weighted by molar-refractivity contribution is 0.0921. The van der Waals surface area contributed by atoms with E-state index in [9.17, 15) is 4.79 Å². The summed E-state index contributed by atoms with van der Waals surface area (Å²) in [5.74, 6) is 1.60. The third-order valence-corrected chi connectivity index (χ3v) is 3.54. The molecule has 1 aromatic heterocycles. The minimum Gasteiger partial charge on any atom is -0.486 e. The summed E-state index contributed by atoms with van der Waals surface area (Å²) < 4.78 is 11.2. The van der Waals surface area contributed by atoms with Crippen LogP contribution >= 0.6 is 0 Å². The van der Waals surface area contributed by atoms with Crippen LogP contribution in [-0.2, 0) is 13.0 Å². The molecule has 0 fully saturated rings. The molecule has 0 aliphatic carbocycles. The van der Waals surface area contributed by atoms with E-state index in [-0.39, 0.29) is 5.91 Å². The first-order chi connectivity index (χ1) is 11.2. The molecule has 0 bridgehead atoms. The van der Waals surface area contributed by atoms with Crippen LogP contribution < -0.4 is 10.1 Å². The predicted molar refractivity (Wildman–Crippen MR) is 90.7 cm³/mol. The van der Waals surface area contributed by atoms with E-state index in [4.69, 9.17) is 9.15 Å². The molecule has 0 saturated heterocycles. The third-order valence-electron chi connectivity index (χ3n) is 3.54. The van der Waals surface area contributed by atoms with Gasteiger partial charge in [-0.15, -0.1) is 0 Å². The maximum Gasteiger partial charge on any atom is 0.286 e. The molecule has 2 rings (SSSR count). The Balaban J connectivity index is 1.83. The highest BCUT2D eigenvalue weighted by Crippen LogP contribution is 2.16. The fourth-order valence-electron chi connectivity index (χ4n) is 2.24. The summed E-state index contributed by atoms with van der Waals surface area (Å²) in [6.45, 7) is 5.24. The summed E-state index contributed by atoms with van der Waals surface area (Å²) in [4.78, 5) is 11.9. The minimum absolute atomic E-state index is 0.173. The van der Waals surface area contributed by atoms with E-state index in [2.05, 4.69) is 31.3 Å². The summed E-state index contributed by atoms with van der Waals surface area (Å²) in [5.41, 5.74) is 1.31. The van der Waals surface area contributed by atoms with Crippen molar-refractivity contribution in [3.63, 3.8) is 0 Å². The lowest BCUT2D eigenvalue weighted by Crippen LogP contribution is -2.23. The van der Waals surface area contributed by atoms with Crippen molar-refractivity contribution in [1.82, 2.24) is 5.32 Å². The van der Waals surface area contributed by atoms with Gasteiger partial charge in [-0.1, -0.05) is 38.8 Å². The molecule has 4 nitrogen and oxygen atoms in total. The van der Waals surface area contributed by atoms with Crippen LogP contribution in [0.15, 0.2) is 40.8 Å². The number of ether oxygens (including phenoxy) is 1. The first-order valence-electron chi connectivity index (χ1n) is 8.31. The second-order valence-corrected chi connectivity index (χ2v) is 5.56. The van der Waals surface area contributed by atoms with Crippen molar-refractivity contribution < 1.29 is 13.9 Å². The van der Waals surface area contributed by atoms with Gasteiger partial charge < -0.3 is 14.5 Å². The zero-order chi connectivity index (χ0) is 16.5. The monoisotopic (exact) mass is 315 g/mol. The molecule has 124 valence electrons. The number of hydrogen-bond donors (Lipinski definition) is 1. The first-order valence-corrected chi connectivity index (χ1v) is 8.31. The molecule has 23 heavy (non-hydrogen) atoms. The van der Waals surface area contributed by atoms with E-state index in [1.165, 1.54) is 5.56 Å². The number of aryl methyl sites for hydroxylation is 1. The van der Waals surface area contributed by atoms with Crippen LogP contribution in [0.3, 0.4) is 0 Å². The number of carbonyl (C=O) groups is 1. The number of unbranched alkanes of at least 4 members (excludes halogenated alkanes) is 1. The lowest BCUT2D eigenvalue weighted by atomic mass is 10.1. The van der Waals surface area contributed by atoms with E-state index in [0.717, 1.165) is 31.4 Å². The smallest absolute Gasteiger partial charge is 0.286 e. The minimum atomic E-state index is -0.173. The molecule has 1 heterocycles. The Bertz CT molecular complexity index is 601. The highest BCUT2D eigenvalue weighted by Gasteiger charge is 2.10. The number of hydrogen-bond acceptors (Lipinski definition) is 3. The number of rotatable bonds is 9. The number of furan rings is 1. The molecule has 1 amide bonds. The van der Waals surface area contributed by atoms with E-state index < -0.39 is 0 Å². The molecule has 0 saturated carbocycles. The molecular formula is C19H25NO3. The van der Waals surface area contributed by atoms with Crippen LogP contribution in [0.1, 0.15) is 55.0 Å². The zero-order valence-electron chi connectivity index (χ0n) is 13.9. The van der Waals surface area contributed by atoms with Crippen LogP contribution in [-0.4, -0.2) is 12.5 Å². The summed E-state index contributed by atoms with van der Waals surface area (Å²) in [6.07, 6.45) is 4.23. The zero-order valence-corrected chi connectivity index (χ0v) is 13.9. The van der Waals surface area contributed by atoms with Crippen molar-refractivity contribution in [1.29, 1.82) is 0 Å². The maximum absolute atomic E-state index is 11.9. The van der Waals surface area contributed by atoms with Gasteiger partial charge in [0.15, 0.2) is 5.76 Å². The summed E-state index contributed by atoms with van der Waals surface area (Å²) in [7, 11) is 0.